The molecule has 0 unspecified atom stereocenters. The van der Waals surface area contributed by atoms with Gasteiger partial charge in [0.2, 0.25) is 5.91 Å². The van der Waals surface area contributed by atoms with Crippen LogP contribution in [0.2, 0.25) is 5.02 Å². The number of carbonyl (C=O) groups excluding carboxylic acids is 1. The average molecular weight is 280 g/mol. The Kier molecular flexibility index (Phi) is 4.43. The fraction of sp³-hybridized carbons (Fsp3) is 0.429. The summed E-state index contributed by atoms with van der Waals surface area (Å²) in [6, 6.07) is 5.69. The van der Waals surface area contributed by atoms with E-state index >= 15 is 0 Å². The molecule has 4 nitrogen and oxygen atoms in total. The SMILES string of the molecule is CC(C)CNC(=O)CCn1ncc2c(Cl)cccc21. The van der Waals surface area contributed by atoms with Gasteiger partial charge >= 0.3 is 0 Å². The smallest absolute Gasteiger partial charge is 0.221 e. The van der Waals surface area contributed by atoms with Crippen LogP contribution in [0.5, 0.6) is 0 Å². The molecule has 1 aromatic heterocycles. The van der Waals surface area contributed by atoms with Crippen molar-refractivity contribution in [2.75, 3.05) is 6.54 Å². The standard InChI is InChI=1S/C14H18ClN3O/c1-10(2)8-16-14(19)6-7-18-13-5-3-4-12(15)11(13)9-17-18/h3-5,9-10H,6-8H2,1-2H3,(H,16,19). The van der Waals surface area contributed by atoms with Gasteiger partial charge in [-0.25, -0.2) is 0 Å². The quantitative estimate of drug-likeness (QED) is 0.915. The molecule has 2 aromatic rings. The summed E-state index contributed by atoms with van der Waals surface area (Å²) in [6.07, 6.45) is 2.17. The van der Waals surface area contributed by atoms with Crippen LogP contribution in [-0.4, -0.2) is 22.2 Å². The fourth-order valence-corrected chi connectivity index (χ4v) is 2.08. The molecule has 0 radical (unpaired) electrons. The van der Waals surface area contributed by atoms with Gasteiger partial charge in [0.15, 0.2) is 0 Å². The number of fused-ring (bicyclic) bond motifs is 1. The van der Waals surface area contributed by atoms with E-state index in [-0.39, 0.29) is 5.91 Å². The molecule has 102 valence electrons. The molecule has 0 saturated heterocycles. The van der Waals surface area contributed by atoms with E-state index in [9.17, 15) is 4.79 Å². The van der Waals surface area contributed by atoms with Gasteiger partial charge in [-0.05, 0) is 18.1 Å². The first-order chi connectivity index (χ1) is 9.08. The van der Waals surface area contributed by atoms with Crippen molar-refractivity contribution in [3.05, 3.63) is 29.4 Å². The van der Waals surface area contributed by atoms with Gasteiger partial charge in [0.25, 0.3) is 0 Å². The largest absolute Gasteiger partial charge is 0.356 e. The van der Waals surface area contributed by atoms with Gasteiger partial charge in [-0.2, -0.15) is 5.10 Å². The van der Waals surface area contributed by atoms with E-state index in [1.807, 2.05) is 22.9 Å². The maximum Gasteiger partial charge on any atom is 0.221 e. The molecule has 1 aromatic carbocycles. The first kappa shape index (κ1) is 13.9. The Balaban J connectivity index is 1.99. The highest BCUT2D eigenvalue weighted by Gasteiger charge is 2.07. The molecule has 0 fully saturated rings. The minimum Gasteiger partial charge on any atom is -0.356 e. The maximum absolute atomic E-state index is 11.7. The number of aromatic nitrogens is 2. The van der Waals surface area contributed by atoms with Crippen LogP contribution >= 0.6 is 11.6 Å². The molecule has 0 atom stereocenters. The van der Waals surface area contributed by atoms with Crippen LogP contribution in [0.25, 0.3) is 10.9 Å². The number of rotatable bonds is 5. The molecule has 19 heavy (non-hydrogen) atoms. The summed E-state index contributed by atoms with van der Waals surface area (Å²) in [7, 11) is 0. The minimum absolute atomic E-state index is 0.0550. The van der Waals surface area contributed by atoms with Gasteiger partial charge in [-0.1, -0.05) is 31.5 Å². The third-order valence-corrected chi connectivity index (χ3v) is 3.22. The van der Waals surface area contributed by atoms with Crippen molar-refractivity contribution in [3.63, 3.8) is 0 Å². The van der Waals surface area contributed by atoms with E-state index in [1.54, 1.807) is 6.20 Å². The zero-order chi connectivity index (χ0) is 13.8. The van der Waals surface area contributed by atoms with E-state index in [1.165, 1.54) is 0 Å². The second-order valence-electron chi connectivity index (χ2n) is 4.99. The van der Waals surface area contributed by atoms with E-state index in [0.29, 0.717) is 30.5 Å². The average Bonchev–Trinajstić information content (AvgIpc) is 2.78. The van der Waals surface area contributed by atoms with Gasteiger partial charge in [-0.15, -0.1) is 0 Å². The highest BCUT2D eigenvalue weighted by Crippen LogP contribution is 2.22. The van der Waals surface area contributed by atoms with Crippen molar-refractivity contribution in [1.82, 2.24) is 15.1 Å². The minimum atomic E-state index is 0.0550. The molecular formula is C14H18ClN3O. The summed E-state index contributed by atoms with van der Waals surface area (Å²) in [5, 5.41) is 8.78. The molecule has 1 heterocycles. The number of aryl methyl sites for hydroxylation is 1. The fourth-order valence-electron chi connectivity index (χ4n) is 1.86. The number of amides is 1. The third-order valence-electron chi connectivity index (χ3n) is 2.89. The van der Waals surface area contributed by atoms with Crippen LogP contribution in [0.4, 0.5) is 0 Å². The highest BCUT2D eigenvalue weighted by molar-refractivity contribution is 6.35. The Hall–Kier alpha value is -1.55. The van der Waals surface area contributed by atoms with Crippen molar-refractivity contribution >= 4 is 28.4 Å². The van der Waals surface area contributed by atoms with Crippen molar-refractivity contribution in [2.24, 2.45) is 5.92 Å². The van der Waals surface area contributed by atoms with Crippen molar-refractivity contribution < 1.29 is 4.79 Å². The normalized spacial score (nSPS) is 11.2. The molecular weight excluding hydrogens is 262 g/mol. The molecule has 5 heteroatoms. The number of hydrogen-bond acceptors (Lipinski definition) is 2. The summed E-state index contributed by atoms with van der Waals surface area (Å²) in [5.74, 6) is 0.521. The van der Waals surface area contributed by atoms with E-state index in [0.717, 1.165) is 10.9 Å². The van der Waals surface area contributed by atoms with Gasteiger partial charge in [-0.3, -0.25) is 9.48 Å². The lowest BCUT2D eigenvalue weighted by Crippen LogP contribution is -2.28. The zero-order valence-electron chi connectivity index (χ0n) is 11.2. The van der Waals surface area contributed by atoms with Crippen LogP contribution in [0.15, 0.2) is 24.4 Å². The summed E-state index contributed by atoms with van der Waals surface area (Å²) < 4.78 is 1.82. The number of nitrogens with one attached hydrogen (secondary N) is 1. The Morgan fingerprint density at radius 2 is 2.26 bits per heavy atom. The number of nitrogens with zero attached hydrogens (tertiary/aromatic N) is 2. The predicted molar refractivity (Wildman–Crippen MR) is 77.2 cm³/mol. The summed E-state index contributed by atoms with van der Waals surface area (Å²) in [4.78, 5) is 11.7. The number of carbonyl (C=O) groups is 1. The third kappa shape index (κ3) is 3.47. The van der Waals surface area contributed by atoms with Gasteiger partial charge in [0, 0.05) is 18.4 Å². The molecule has 0 saturated carbocycles. The van der Waals surface area contributed by atoms with Crippen LogP contribution < -0.4 is 5.32 Å². The Bertz CT molecular complexity index is 577. The summed E-state index contributed by atoms with van der Waals surface area (Å²) >= 11 is 6.09. The predicted octanol–water partition coefficient (Wildman–Crippen LogP) is 2.85. The van der Waals surface area contributed by atoms with Crippen molar-refractivity contribution in [3.8, 4) is 0 Å². The molecule has 0 aliphatic heterocycles. The van der Waals surface area contributed by atoms with Gasteiger partial charge in [0.1, 0.15) is 0 Å². The Morgan fingerprint density at radius 1 is 1.47 bits per heavy atom. The molecule has 0 aliphatic rings. The molecule has 2 rings (SSSR count). The van der Waals surface area contributed by atoms with E-state index in [4.69, 9.17) is 11.6 Å². The zero-order valence-corrected chi connectivity index (χ0v) is 11.9. The lowest BCUT2D eigenvalue weighted by atomic mass is 10.2. The van der Waals surface area contributed by atoms with Crippen LogP contribution in [0.3, 0.4) is 0 Å². The van der Waals surface area contributed by atoms with Crippen LogP contribution in [0, 0.1) is 5.92 Å². The van der Waals surface area contributed by atoms with Crippen molar-refractivity contribution in [2.45, 2.75) is 26.8 Å². The first-order valence-electron chi connectivity index (χ1n) is 6.44. The molecule has 1 N–H and O–H groups in total. The second kappa shape index (κ2) is 6.06. The monoisotopic (exact) mass is 279 g/mol. The Morgan fingerprint density at radius 3 is 3.00 bits per heavy atom. The highest BCUT2D eigenvalue weighted by atomic mass is 35.5. The number of benzene rings is 1. The van der Waals surface area contributed by atoms with Crippen molar-refractivity contribution in [1.29, 1.82) is 0 Å². The summed E-state index contributed by atoms with van der Waals surface area (Å²) in [5.41, 5.74) is 0.962. The van der Waals surface area contributed by atoms with Crippen LogP contribution in [0.1, 0.15) is 20.3 Å². The van der Waals surface area contributed by atoms with Gasteiger partial charge < -0.3 is 5.32 Å². The van der Waals surface area contributed by atoms with E-state index < -0.39 is 0 Å². The lowest BCUT2D eigenvalue weighted by molar-refractivity contribution is -0.121. The Labute approximate surface area is 117 Å². The van der Waals surface area contributed by atoms with E-state index in [2.05, 4.69) is 24.3 Å². The topological polar surface area (TPSA) is 46.9 Å². The molecule has 0 aliphatic carbocycles. The molecule has 0 spiro atoms. The van der Waals surface area contributed by atoms with Gasteiger partial charge in [0.05, 0.1) is 23.3 Å². The van der Waals surface area contributed by atoms with Crippen LogP contribution in [-0.2, 0) is 11.3 Å². The molecule has 0 bridgehead atoms. The molecule has 1 amide bonds. The lowest BCUT2D eigenvalue weighted by Gasteiger charge is -2.08. The second-order valence-corrected chi connectivity index (χ2v) is 5.40. The summed E-state index contributed by atoms with van der Waals surface area (Å²) in [6.45, 7) is 5.42. The number of halogens is 1. The number of hydrogen-bond donors (Lipinski definition) is 1. The maximum atomic E-state index is 11.7. The first-order valence-corrected chi connectivity index (χ1v) is 6.82.